The number of hydrogen-bond donors (Lipinski definition) is 0. The number of hydrogen-bond acceptors (Lipinski definition) is 12. The molecule has 0 heterocycles. The Balaban J connectivity index is 0.00000684. The molecule has 0 aliphatic carbocycles. The molecule has 0 bridgehead atoms. The molecule has 0 aromatic heterocycles. The summed E-state index contributed by atoms with van der Waals surface area (Å²) in [5.74, 6) is -0.248. The maximum absolute atomic E-state index is 10.7. The fraction of sp³-hybridized carbons (Fsp3) is 0.400. The third-order valence-electron chi connectivity index (χ3n) is 4.62. The fourth-order valence-corrected chi connectivity index (χ4v) is 3.74. The van der Waals surface area contributed by atoms with E-state index in [0.717, 1.165) is 0 Å². The van der Waals surface area contributed by atoms with Gasteiger partial charge in [-0.3, -0.25) is 10.0 Å². The predicted molar refractivity (Wildman–Crippen MR) is 128 cm³/mol. The average molecular weight is 589 g/mol. The molecule has 0 spiro atoms. The first-order chi connectivity index (χ1) is 16.8. The van der Waals surface area contributed by atoms with E-state index in [2.05, 4.69) is 20.7 Å². The monoisotopic (exact) mass is 588 g/mol. The summed E-state index contributed by atoms with van der Waals surface area (Å²) in [5.41, 5.74) is 2.22. The molecule has 0 saturated heterocycles. The maximum Gasteiger partial charge on any atom is 1.00 e. The van der Waals surface area contributed by atoms with Crippen molar-refractivity contribution in [2.75, 3.05) is 52.9 Å². The molecule has 0 fully saturated rings. The van der Waals surface area contributed by atoms with Gasteiger partial charge < -0.3 is 18.6 Å². The third-order valence-corrected chi connectivity index (χ3v) is 5.98. The third kappa shape index (κ3) is 13.1. The number of nitrogens with zero attached hydrogens (tertiary/aromatic N) is 6. The van der Waals surface area contributed by atoms with Crippen molar-refractivity contribution >= 4 is 31.6 Å². The second kappa shape index (κ2) is 16.7. The molecule has 198 valence electrons. The Labute approximate surface area is 266 Å². The van der Waals surface area contributed by atoms with Gasteiger partial charge in [0.05, 0.1) is 70.4 Å². The SMILES string of the molecule is COc1cc(N=NN(C)CCS(=O)(=O)[O-])ccc1-c1ccc(N=NN(C)CCS(=O)(=O)[O-])cc1OC.[Na+].[Na+]. The Bertz CT molecular complexity index is 1230. The van der Waals surface area contributed by atoms with Crippen LogP contribution in [0.4, 0.5) is 11.4 Å². The Morgan fingerprint density at radius 1 is 0.711 bits per heavy atom. The standard InChI is InChI=1S/C20H28N6O8S2.2Na/c1-25(9-11-35(27,28)29)23-21-15-5-7-17(19(13-15)33-3)18-8-6-16(14-20(18)34-4)22-24-26(2)10-12-36(30,31)32;;/h5-8,13-14H,9-12H2,1-4H3,(H,27,28,29)(H,30,31,32);;/q;2*+1/p-2. The van der Waals surface area contributed by atoms with Crippen LogP contribution in [0.2, 0.25) is 0 Å². The van der Waals surface area contributed by atoms with E-state index in [-0.39, 0.29) is 72.2 Å². The molecule has 0 aliphatic rings. The molecule has 0 N–H and O–H groups in total. The Morgan fingerprint density at radius 3 is 1.34 bits per heavy atom. The van der Waals surface area contributed by atoms with Crippen LogP contribution in [0.5, 0.6) is 11.5 Å². The quantitative estimate of drug-likeness (QED) is 0.0976. The topological polar surface area (TPSA) is 189 Å². The van der Waals surface area contributed by atoms with Crippen LogP contribution >= 0.6 is 0 Å². The molecule has 0 amide bonds. The van der Waals surface area contributed by atoms with Crippen molar-refractivity contribution in [2.45, 2.75) is 0 Å². The molecule has 2 rings (SSSR count). The van der Waals surface area contributed by atoms with Gasteiger partial charge in [-0.15, -0.1) is 10.2 Å². The zero-order valence-corrected chi connectivity index (χ0v) is 27.7. The molecule has 18 heteroatoms. The smallest absolute Gasteiger partial charge is 0.748 e. The second-order valence-corrected chi connectivity index (χ2v) is 10.5. The van der Waals surface area contributed by atoms with E-state index < -0.39 is 31.7 Å². The van der Waals surface area contributed by atoms with Gasteiger partial charge in [0.25, 0.3) is 0 Å². The van der Waals surface area contributed by atoms with Crippen molar-refractivity contribution in [3.63, 3.8) is 0 Å². The van der Waals surface area contributed by atoms with Gasteiger partial charge in [-0.1, -0.05) is 10.4 Å². The minimum Gasteiger partial charge on any atom is -0.748 e. The predicted octanol–water partition coefficient (Wildman–Crippen LogP) is -3.67. The molecule has 0 saturated carbocycles. The van der Waals surface area contributed by atoms with Gasteiger partial charge in [0, 0.05) is 37.4 Å². The first-order valence-electron chi connectivity index (χ1n) is 10.3. The maximum atomic E-state index is 10.7. The van der Waals surface area contributed by atoms with Crippen LogP contribution in [0.3, 0.4) is 0 Å². The van der Waals surface area contributed by atoms with Gasteiger partial charge >= 0.3 is 59.1 Å². The van der Waals surface area contributed by atoms with Crippen LogP contribution in [-0.2, 0) is 20.2 Å². The van der Waals surface area contributed by atoms with E-state index >= 15 is 0 Å². The minimum absolute atomic E-state index is 0. The zero-order valence-electron chi connectivity index (χ0n) is 22.1. The molecular formula is C20H26N6Na2O8S2. The van der Waals surface area contributed by atoms with Crippen molar-refractivity contribution in [1.82, 2.24) is 10.0 Å². The van der Waals surface area contributed by atoms with E-state index in [0.29, 0.717) is 34.0 Å². The van der Waals surface area contributed by atoms with E-state index in [1.54, 1.807) is 36.4 Å². The fourth-order valence-electron chi connectivity index (χ4n) is 2.76. The van der Waals surface area contributed by atoms with E-state index in [1.165, 1.54) is 38.3 Å². The first-order valence-corrected chi connectivity index (χ1v) is 13.5. The number of ether oxygens (including phenoxy) is 2. The molecule has 0 atom stereocenters. The Hall–Kier alpha value is -1.34. The summed E-state index contributed by atoms with van der Waals surface area (Å²) < 4.78 is 75.4. The van der Waals surface area contributed by atoms with Gasteiger partial charge in [0.1, 0.15) is 11.5 Å². The van der Waals surface area contributed by atoms with Crippen LogP contribution in [0.1, 0.15) is 0 Å². The molecular weight excluding hydrogens is 562 g/mol. The van der Waals surface area contributed by atoms with Crippen molar-refractivity contribution in [2.24, 2.45) is 20.7 Å². The summed E-state index contributed by atoms with van der Waals surface area (Å²) in [6, 6.07) is 10.1. The molecule has 0 radical (unpaired) electrons. The minimum atomic E-state index is -4.35. The molecule has 0 aliphatic heterocycles. The molecule has 38 heavy (non-hydrogen) atoms. The summed E-state index contributed by atoms with van der Waals surface area (Å²) in [6.45, 7) is -0.196. The second-order valence-electron chi connectivity index (χ2n) is 7.43. The Kier molecular flexibility index (Phi) is 16.1. The number of benzene rings is 2. The van der Waals surface area contributed by atoms with Crippen molar-refractivity contribution < 1.29 is 94.5 Å². The molecule has 0 unspecified atom stereocenters. The average Bonchev–Trinajstić information content (AvgIpc) is 2.82. The van der Waals surface area contributed by atoms with E-state index in [9.17, 15) is 25.9 Å². The van der Waals surface area contributed by atoms with Crippen molar-refractivity contribution in [3.8, 4) is 22.6 Å². The van der Waals surface area contributed by atoms with Crippen molar-refractivity contribution in [3.05, 3.63) is 36.4 Å². The summed E-state index contributed by atoms with van der Waals surface area (Å²) in [4.78, 5) is 0. The van der Waals surface area contributed by atoms with Gasteiger partial charge in [-0.25, -0.2) is 16.8 Å². The summed E-state index contributed by atoms with van der Waals surface area (Å²) >= 11 is 0. The number of methoxy groups -OCH3 is 2. The van der Waals surface area contributed by atoms with Crippen LogP contribution in [0.25, 0.3) is 11.1 Å². The normalized spacial score (nSPS) is 11.6. The zero-order chi connectivity index (χ0) is 26.9. The first kappa shape index (κ1) is 36.7. The van der Waals surface area contributed by atoms with Crippen LogP contribution in [0, 0.1) is 0 Å². The van der Waals surface area contributed by atoms with Crippen LogP contribution in [-0.4, -0.2) is 88.9 Å². The largest absolute Gasteiger partial charge is 1.00 e. The molecule has 2 aromatic rings. The van der Waals surface area contributed by atoms with Gasteiger partial charge in [0.2, 0.25) is 0 Å². The molecule has 14 nitrogen and oxygen atoms in total. The van der Waals surface area contributed by atoms with Crippen LogP contribution in [0.15, 0.2) is 57.1 Å². The van der Waals surface area contributed by atoms with Crippen LogP contribution < -0.4 is 68.6 Å². The van der Waals surface area contributed by atoms with E-state index in [1.807, 2.05) is 0 Å². The van der Waals surface area contributed by atoms with E-state index in [4.69, 9.17) is 9.47 Å². The summed E-state index contributed by atoms with van der Waals surface area (Å²) in [5, 5.41) is 18.3. The number of rotatable bonds is 13. The summed E-state index contributed by atoms with van der Waals surface area (Å²) in [6.07, 6.45) is 0. The van der Waals surface area contributed by atoms with Gasteiger partial charge in [-0.05, 0) is 24.3 Å². The summed E-state index contributed by atoms with van der Waals surface area (Å²) in [7, 11) is -2.74. The van der Waals surface area contributed by atoms with Gasteiger partial charge in [0.15, 0.2) is 0 Å². The molecule has 2 aromatic carbocycles. The van der Waals surface area contributed by atoms with Gasteiger partial charge in [-0.2, -0.15) is 0 Å². The Morgan fingerprint density at radius 2 is 1.05 bits per heavy atom. The van der Waals surface area contributed by atoms with Crippen molar-refractivity contribution in [1.29, 1.82) is 0 Å².